The largest absolute Gasteiger partial charge is 1.00 e. The van der Waals surface area contributed by atoms with E-state index in [9.17, 15) is 0 Å². The van der Waals surface area contributed by atoms with Gasteiger partial charge in [0.2, 0.25) is 0 Å². The van der Waals surface area contributed by atoms with Crippen LogP contribution in [0.2, 0.25) is 5.02 Å². The van der Waals surface area contributed by atoms with Gasteiger partial charge >= 0.3 is 0 Å². The fourth-order valence-corrected chi connectivity index (χ4v) is 2.41. The maximum Gasteiger partial charge on any atom is 0.180 e. The van der Waals surface area contributed by atoms with Gasteiger partial charge < -0.3 is 27.2 Å². The molecule has 3 nitrogen and oxygen atoms in total. The summed E-state index contributed by atoms with van der Waals surface area (Å²) >= 11 is 6.38. The molecule has 23 heavy (non-hydrogen) atoms. The first-order valence-electron chi connectivity index (χ1n) is 7.57. The van der Waals surface area contributed by atoms with E-state index in [4.69, 9.17) is 21.1 Å². The van der Waals surface area contributed by atoms with Gasteiger partial charge in [0.25, 0.3) is 0 Å². The molecule has 0 atom stereocenters. The first kappa shape index (κ1) is 19.6. The lowest BCUT2D eigenvalue weighted by Gasteiger charge is -2.15. The molecule has 0 saturated carbocycles. The predicted octanol–water partition coefficient (Wildman–Crippen LogP) is 1.43. The Kier molecular flexibility index (Phi) is 8.85. The zero-order valence-electron chi connectivity index (χ0n) is 13.4. The maximum absolute atomic E-state index is 6.38. The topological polar surface area (TPSA) is 30.5 Å². The molecule has 2 aromatic rings. The van der Waals surface area contributed by atoms with Crippen LogP contribution in [0.4, 0.5) is 0 Å². The van der Waals surface area contributed by atoms with Gasteiger partial charge in [-0.25, -0.2) is 0 Å². The van der Waals surface area contributed by atoms with Crippen LogP contribution >= 0.6 is 11.6 Å². The number of hydrogen-bond donors (Lipinski definition) is 1. The highest BCUT2D eigenvalue weighted by Crippen LogP contribution is 2.37. The molecule has 0 aromatic heterocycles. The Bertz CT molecular complexity index is 591. The molecule has 0 spiro atoms. The summed E-state index contributed by atoms with van der Waals surface area (Å²) in [7, 11) is 0. The molecule has 0 bridgehead atoms. The quantitative estimate of drug-likeness (QED) is 0.777. The van der Waals surface area contributed by atoms with E-state index in [1.807, 2.05) is 49.4 Å². The summed E-state index contributed by atoms with van der Waals surface area (Å²) in [6.07, 6.45) is 0. The molecule has 0 fully saturated rings. The third-order valence-electron chi connectivity index (χ3n) is 3.17. The van der Waals surface area contributed by atoms with Crippen molar-refractivity contribution < 1.29 is 21.9 Å². The van der Waals surface area contributed by atoms with Crippen molar-refractivity contribution in [3.63, 3.8) is 0 Å². The lowest BCUT2D eigenvalue weighted by atomic mass is 10.2. The zero-order valence-corrected chi connectivity index (χ0v) is 15.0. The third-order valence-corrected chi connectivity index (χ3v) is 3.46. The summed E-state index contributed by atoms with van der Waals surface area (Å²) in [5.41, 5.74) is 2.18. The molecule has 0 heterocycles. The zero-order chi connectivity index (χ0) is 15.8. The third kappa shape index (κ3) is 5.94. The maximum atomic E-state index is 6.38. The Morgan fingerprint density at radius 3 is 2.39 bits per heavy atom. The van der Waals surface area contributed by atoms with Crippen LogP contribution in [-0.4, -0.2) is 13.2 Å². The number of nitrogens with one attached hydrogen (secondary N) is 1. The van der Waals surface area contributed by atoms with Crippen molar-refractivity contribution in [3.8, 4) is 11.5 Å². The lowest BCUT2D eigenvalue weighted by molar-refractivity contribution is -0.00000527. The number of halogens is 2. The van der Waals surface area contributed by atoms with Gasteiger partial charge in [0, 0.05) is 6.54 Å². The number of benzene rings is 2. The van der Waals surface area contributed by atoms with Crippen LogP contribution < -0.4 is 27.2 Å². The molecule has 2 rings (SSSR count). The monoisotopic (exact) mass is 354 g/mol. The van der Waals surface area contributed by atoms with E-state index in [-0.39, 0.29) is 12.4 Å². The molecule has 0 radical (unpaired) electrons. The highest BCUT2D eigenvalue weighted by molar-refractivity contribution is 6.32. The summed E-state index contributed by atoms with van der Waals surface area (Å²) in [6, 6.07) is 13.9. The summed E-state index contributed by atoms with van der Waals surface area (Å²) in [5.74, 6) is 1.30. The van der Waals surface area contributed by atoms with Crippen LogP contribution in [0.15, 0.2) is 42.5 Å². The average Bonchev–Trinajstić information content (AvgIpc) is 2.53. The molecule has 0 aliphatic carbocycles. The van der Waals surface area contributed by atoms with Gasteiger partial charge in [-0.05, 0) is 36.7 Å². The van der Waals surface area contributed by atoms with Gasteiger partial charge in [-0.15, -0.1) is 0 Å². The Hall–Kier alpha value is -1.42. The first-order chi connectivity index (χ1) is 10.7. The van der Waals surface area contributed by atoms with E-state index in [0.717, 1.165) is 24.2 Å². The van der Waals surface area contributed by atoms with Crippen molar-refractivity contribution >= 4 is 11.6 Å². The van der Waals surface area contributed by atoms with Crippen molar-refractivity contribution in [2.75, 3.05) is 13.2 Å². The van der Waals surface area contributed by atoms with E-state index in [1.165, 1.54) is 0 Å². The van der Waals surface area contributed by atoms with Crippen LogP contribution in [0.3, 0.4) is 0 Å². The molecule has 0 saturated heterocycles. The van der Waals surface area contributed by atoms with Gasteiger partial charge in [-0.3, -0.25) is 0 Å². The van der Waals surface area contributed by atoms with Crippen LogP contribution in [0.25, 0.3) is 0 Å². The second kappa shape index (κ2) is 10.4. The smallest absolute Gasteiger partial charge is 0.180 e. The summed E-state index contributed by atoms with van der Waals surface area (Å²) < 4.78 is 11.6. The fourth-order valence-electron chi connectivity index (χ4n) is 2.13. The van der Waals surface area contributed by atoms with Crippen molar-refractivity contribution in [1.82, 2.24) is 5.32 Å². The van der Waals surface area contributed by atoms with Crippen molar-refractivity contribution in [2.24, 2.45) is 0 Å². The molecule has 2 aromatic carbocycles. The van der Waals surface area contributed by atoms with E-state index in [0.29, 0.717) is 29.7 Å². The van der Waals surface area contributed by atoms with Crippen molar-refractivity contribution in [2.45, 2.75) is 27.0 Å². The molecule has 0 amide bonds. The minimum Gasteiger partial charge on any atom is -1.00 e. The Morgan fingerprint density at radius 1 is 1.00 bits per heavy atom. The normalized spacial score (nSPS) is 10.0. The first-order valence-corrected chi connectivity index (χ1v) is 7.95. The van der Waals surface area contributed by atoms with Gasteiger partial charge in [-0.1, -0.05) is 48.9 Å². The van der Waals surface area contributed by atoms with Crippen molar-refractivity contribution in [1.29, 1.82) is 0 Å². The summed E-state index contributed by atoms with van der Waals surface area (Å²) in [4.78, 5) is 0. The van der Waals surface area contributed by atoms with E-state index in [1.54, 1.807) is 0 Å². The Balaban J connectivity index is 0.00000264. The highest BCUT2D eigenvalue weighted by Gasteiger charge is 2.12. The number of rotatable bonds is 8. The summed E-state index contributed by atoms with van der Waals surface area (Å²) in [6.45, 7) is 6.73. The fraction of sp³-hybridized carbons (Fsp3) is 0.333. The standard InChI is InChI=1S/C18H22ClNO2.ClH/c1-3-20-12-15-10-16(19)18(17(11-15)21-4-2)22-13-14-8-6-5-7-9-14;/h5-11,20H,3-4,12-13H2,1-2H3;1H/p-1. The van der Waals surface area contributed by atoms with Crippen LogP contribution in [-0.2, 0) is 13.2 Å². The van der Waals surface area contributed by atoms with Gasteiger partial charge in [0.05, 0.1) is 11.6 Å². The SMILES string of the molecule is CCNCc1cc(Cl)c(OCc2ccccc2)c(OCC)c1.[Cl-]. The summed E-state index contributed by atoms with van der Waals surface area (Å²) in [5, 5.41) is 3.86. The molecular formula is C18H22Cl2NO2-. The minimum absolute atomic E-state index is 0. The molecule has 0 aliphatic rings. The minimum atomic E-state index is 0. The van der Waals surface area contributed by atoms with Gasteiger partial charge in [0.1, 0.15) is 6.61 Å². The molecule has 5 heteroatoms. The number of hydrogen-bond acceptors (Lipinski definition) is 3. The second-order valence-corrected chi connectivity index (χ2v) is 5.30. The Labute approximate surface area is 149 Å². The Morgan fingerprint density at radius 2 is 1.74 bits per heavy atom. The molecule has 1 N–H and O–H groups in total. The molecule has 126 valence electrons. The molecule has 0 aliphatic heterocycles. The van der Waals surface area contributed by atoms with E-state index < -0.39 is 0 Å². The number of ether oxygens (including phenoxy) is 2. The predicted molar refractivity (Wildman–Crippen MR) is 90.8 cm³/mol. The van der Waals surface area contributed by atoms with Crippen LogP contribution in [0, 0.1) is 0 Å². The van der Waals surface area contributed by atoms with Gasteiger partial charge in [0.15, 0.2) is 11.5 Å². The van der Waals surface area contributed by atoms with Crippen LogP contribution in [0.1, 0.15) is 25.0 Å². The molecular weight excluding hydrogens is 333 g/mol. The van der Waals surface area contributed by atoms with Gasteiger partial charge in [-0.2, -0.15) is 0 Å². The highest BCUT2D eigenvalue weighted by atomic mass is 35.5. The van der Waals surface area contributed by atoms with E-state index in [2.05, 4.69) is 12.2 Å². The van der Waals surface area contributed by atoms with Crippen LogP contribution in [0.5, 0.6) is 11.5 Å². The lowest BCUT2D eigenvalue weighted by Crippen LogP contribution is -3.00. The van der Waals surface area contributed by atoms with Crippen molar-refractivity contribution in [3.05, 3.63) is 58.6 Å². The average molecular weight is 355 g/mol. The molecule has 0 unspecified atom stereocenters. The second-order valence-electron chi connectivity index (χ2n) is 4.89. The van der Waals surface area contributed by atoms with E-state index >= 15 is 0 Å².